The molecule has 20 heavy (non-hydrogen) atoms. The molecule has 0 aliphatic rings. The van der Waals surface area contributed by atoms with E-state index in [4.69, 9.17) is 14.2 Å². The highest BCUT2D eigenvalue weighted by Gasteiger charge is 2.17. The number of hydrogen-bond donors (Lipinski definition) is 1. The Balaban J connectivity index is 2.93. The van der Waals surface area contributed by atoms with Gasteiger partial charge in [-0.05, 0) is 38.1 Å². The van der Waals surface area contributed by atoms with E-state index in [0.717, 1.165) is 30.0 Å². The Morgan fingerprint density at radius 2 is 1.90 bits per heavy atom. The Hall–Kier alpha value is -1.26. The number of likely N-dealkylation sites (N-methyl/N-ethyl adjacent to an activating group) is 1. The highest BCUT2D eigenvalue weighted by Crippen LogP contribution is 2.29. The summed E-state index contributed by atoms with van der Waals surface area (Å²) in [7, 11) is 3.35. The predicted molar refractivity (Wildman–Crippen MR) is 81.7 cm³/mol. The third kappa shape index (κ3) is 4.69. The molecule has 0 aliphatic carbocycles. The van der Waals surface area contributed by atoms with E-state index in [1.165, 1.54) is 0 Å². The Morgan fingerprint density at radius 1 is 1.15 bits per heavy atom. The molecule has 0 radical (unpaired) electrons. The van der Waals surface area contributed by atoms with Crippen LogP contribution in [-0.4, -0.2) is 33.5 Å². The largest absolute Gasteiger partial charge is 0.497 e. The van der Waals surface area contributed by atoms with Crippen LogP contribution in [0.5, 0.6) is 11.5 Å². The third-order valence-electron chi connectivity index (χ3n) is 3.39. The first kappa shape index (κ1) is 16.8. The van der Waals surface area contributed by atoms with Crippen molar-refractivity contribution in [2.75, 3.05) is 27.4 Å². The van der Waals surface area contributed by atoms with Gasteiger partial charge in [0.2, 0.25) is 0 Å². The van der Waals surface area contributed by atoms with Crippen LogP contribution in [0.2, 0.25) is 0 Å². The van der Waals surface area contributed by atoms with Crippen LogP contribution in [-0.2, 0) is 4.74 Å². The quantitative estimate of drug-likeness (QED) is 0.754. The van der Waals surface area contributed by atoms with Gasteiger partial charge in [0.15, 0.2) is 0 Å². The molecule has 0 spiro atoms. The lowest BCUT2D eigenvalue weighted by molar-refractivity contribution is 0.0472. The highest BCUT2D eigenvalue weighted by molar-refractivity contribution is 5.42. The fraction of sp³-hybridized carbons (Fsp3) is 0.625. The molecule has 4 heteroatoms. The monoisotopic (exact) mass is 281 g/mol. The van der Waals surface area contributed by atoms with Crippen LogP contribution < -0.4 is 14.8 Å². The SMILES string of the molecule is CCNC(COC(C)CC)c1cc(OC)ccc1OC. The standard InChI is InChI=1S/C16H27NO3/c1-6-12(3)20-11-15(17-7-2)14-10-13(18-4)8-9-16(14)19-5/h8-10,12,15,17H,6-7,11H2,1-5H3. The minimum atomic E-state index is 0.0963. The molecule has 4 nitrogen and oxygen atoms in total. The molecular weight excluding hydrogens is 254 g/mol. The van der Waals surface area contributed by atoms with Crippen LogP contribution in [0.15, 0.2) is 18.2 Å². The average Bonchev–Trinajstić information content (AvgIpc) is 2.50. The number of methoxy groups -OCH3 is 2. The first-order chi connectivity index (χ1) is 9.65. The van der Waals surface area contributed by atoms with Crippen molar-refractivity contribution in [3.05, 3.63) is 23.8 Å². The van der Waals surface area contributed by atoms with Gasteiger partial charge in [-0.2, -0.15) is 0 Å². The summed E-state index contributed by atoms with van der Waals surface area (Å²) in [5, 5.41) is 3.44. The van der Waals surface area contributed by atoms with Crippen LogP contribution in [0.4, 0.5) is 0 Å². The molecule has 1 N–H and O–H groups in total. The molecule has 0 bridgehead atoms. The second kappa shape index (κ2) is 8.82. The summed E-state index contributed by atoms with van der Waals surface area (Å²) in [6.45, 7) is 7.79. The van der Waals surface area contributed by atoms with E-state index in [2.05, 4.69) is 26.1 Å². The molecule has 0 fully saturated rings. The van der Waals surface area contributed by atoms with Gasteiger partial charge in [0.25, 0.3) is 0 Å². The van der Waals surface area contributed by atoms with Gasteiger partial charge in [0, 0.05) is 5.56 Å². The number of rotatable bonds is 9. The van der Waals surface area contributed by atoms with Gasteiger partial charge in [-0.1, -0.05) is 13.8 Å². The van der Waals surface area contributed by atoms with Gasteiger partial charge in [0.1, 0.15) is 11.5 Å². The molecule has 2 unspecified atom stereocenters. The van der Waals surface area contributed by atoms with Crippen LogP contribution in [0.1, 0.15) is 38.8 Å². The average molecular weight is 281 g/mol. The van der Waals surface area contributed by atoms with Crippen molar-refractivity contribution in [3.63, 3.8) is 0 Å². The molecular formula is C16H27NO3. The second-order valence-electron chi connectivity index (χ2n) is 4.77. The Labute approximate surface area is 122 Å². The van der Waals surface area contributed by atoms with Gasteiger partial charge in [-0.3, -0.25) is 0 Å². The Morgan fingerprint density at radius 3 is 2.45 bits per heavy atom. The van der Waals surface area contributed by atoms with E-state index >= 15 is 0 Å². The molecule has 0 saturated carbocycles. The minimum absolute atomic E-state index is 0.0963. The molecule has 0 saturated heterocycles. The summed E-state index contributed by atoms with van der Waals surface area (Å²) >= 11 is 0. The highest BCUT2D eigenvalue weighted by atomic mass is 16.5. The zero-order valence-electron chi connectivity index (χ0n) is 13.2. The summed E-state index contributed by atoms with van der Waals surface area (Å²) in [5.41, 5.74) is 1.07. The van der Waals surface area contributed by atoms with Crippen molar-refractivity contribution < 1.29 is 14.2 Å². The zero-order chi connectivity index (χ0) is 15.0. The summed E-state index contributed by atoms with van der Waals surface area (Å²) in [4.78, 5) is 0. The van der Waals surface area contributed by atoms with Gasteiger partial charge < -0.3 is 19.5 Å². The van der Waals surface area contributed by atoms with E-state index in [9.17, 15) is 0 Å². The topological polar surface area (TPSA) is 39.7 Å². The normalized spacial score (nSPS) is 13.8. The number of hydrogen-bond acceptors (Lipinski definition) is 4. The van der Waals surface area contributed by atoms with Crippen LogP contribution in [0.25, 0.3) is 0 Å². The summed E-state index contributed by atoms with van der Waals surface area (Å²) in [6, 6.07) is 5.94. The second-order valence-corrected chi connectivity index (χ2v) is 4.77. The van der Waals surface area contributed by atoms with Crippen LogP contribution in [0.3, 0.4) is 0 Å². The maximum Gasteiger partial charge on any atom is 0.123 e. The van der Waals surface area contributed by atoms with Crippen molar-refractivity contribution in [3.8, 4) is 11.5 Å². The summed E-state index contributed by atoms with van der Waals surface area (Å²) in [6.07, 6.45) is 1.27. The van der Waals surface area contributed by atoms with Crippen molar-refractivity contribution in [2.24, 2.45) is 0 Å². The molecule has 0 aliphatic heterocycles. The number of nitrogens with one attached hydrogen (secondary N) is 1. The first-order valence-electron chi connectivity index (χ1n) is 7.23. The van der Waals surface area contributed by atoms with E-state index in [0.29, 0.717) is 6.61 Å². The molecule has 1 rings (SSSR count). The lowest BCUT2D eigenvalue weighted by atomic mass is 10.1. The number of benzene rings is 1. The first-order valence-corrected chi connectivity index (χ1v) is 7.23. The Bertz CT molecular complexity index is 395. The smallest absolute Gasteiger partial charge is 0.123 e. The van der Waals surface area contributed by atoms with Gasteiger partial charge in [-0.25, -0.2) is 0 Å². The van der Waals surface area contributed by atoms with Gasteiger partial charge in [-0.15, -0.1) is 0 Å². The predicted octanol–water partition coefficient (Wildman–Crippen LogP) is 3.17. The summed E-state index contributed by atoms with van der Waals surface area (Å²) < 4.78 is 16.6. The molecule has 0 aromatic heterocycles. The van der Waals surface area contributed by atoms with Crippen LogP contribution in [0, 0.1) is 0 Å². The lowest BCUT2D eigenvalue weighted by Gasteiger charge is -2.23. The minimum Gasteiger partial charge on any atom is -0.497 e. The molecule has 0 amide bonds. The number of ether oxygens (including phenoxy) is 3. The Kier molecular flexibility index (Phi) is 7.41. The molecule has 2 atom stereocenters. The van der Waals surface area contributed by atoms with E-state index in [-0.39, 0.29) is 12.1 Å². The van der Waals surface area contributed by atoms with Crippen molar-refractivity contribution in [2.45, 2.75) is 39.3 Å². The van der Waals surface area contributed by atoms with Crippen LogP contribution >= 0.6 is 0 Å². The van der Waals surface area contributed by atoms with Crippen molar-refractivity contribution >= 4 is 0 Å². The van der Waals surface area contributed by atoms with Crippen molar-refractivity contribution in [1.29, 1.82) is 0 Å². The van der Waals surface area contributed by atoms with Gasteiger partial charge in [0.05, 0.1) is 33.0 Å². The van der Waals surface area contributed by atoms with E-state index < -0.39 is 0 Å². The van der Waals surface area contributed by atoms with Crippen molar-refractivity contribution in [1.82, 2.24) is 5.32 Å². The fourth-order valence-corrected chi connectivity index (χ4v) is 2.00. The third-order valence-corrected chi connectivity index (χ3v) is 3.39. The maximum absolute atomic E-state index is 5.87. The van der Waals surface area contributed by atoms with E-state index in [1.807, 2.05) is 18.2 Å². The zero-order valence-corrected chi connectivity index (χ0v) is 13.2. The van der Waals surface area contributed by atoms with E-state index in [1.54, 1.807) is 14.2 Å². The molecule has 1 aromatic carbocycles. The maximum atomic E-state index is 5.87. The fourth-order valence-electron chi connectivity index (χ4n) is 2.00. The summed E-state index contributed by atoms with van der Waals surface area (Å²) in [5.74, 6) is 1.68. The molecule has 0 heterocycles. The van der Waals surface area contributed by atoms with Gasteiger partial charge >= 0.3 is 0 Å². The lowest BCUT2D eigenvalue weighted by Crippen LogP contribution is -2.27. The molecule has 114 valence electrons. The molecule has 1 aromatic rings.